The molecule has 0 spiro atoms. The first-order valence-corrected chi connectivity index (χ1v) is 14.2. The van der Waals surface area contributed by atoms with E-state index in [9.17, 15) is 4.79 Å². The molecule has 1 unspecified atom stereocenters. The lowest BCUT2D eigenvalue weighted by Crippen LogP contribution is -2.37. The molecular formula is C29H43N3O3S. The minimum absolute atomic E-state index is 0.161. The molecule has 7 heteroatoms. The number of aryl methyl sites for hydroxylation is 2. The molecule has 198 valence electrons. The molecule has 2 aliphatic rings. The molecule has 4 rings (SSSR count). The number of nitrogens with zero attached hydrogens (tertiary/aromatic N) is 3. The number of carbonyl (C=O) groups is 1. The SMILES string of the molecule is COCCN(C)C1CCC(C(C)c2sc3c(c2C)C(=O)N(Cc2c(C)cc(C)nc2OC)CC3)CC1. The summed E-state index contributed by atoms with van der Waals surface area (Å²) in [5, 5.41) is 0. The van der Waals surface area contributed by atoms with Gasteiger partial charge in [-0.3, -0.25) is 4.79 Å². The Kier molecular flexibility index (Phi) is 8.74. The molecule has 2 aromatic rings. The summed E-state index contributed by atoms with van der Waals surface area (Å²) in [6.07, 6.45) is 5.93. The van der Waals surface area contributed by atoms with Crippen molar-refractivity contribution in [2.24, 2.45) is 5.92 Å². The van der Waals surface area contributed by atoms with E-state index in [4.69, 9.17) is 9.47 Å². The van der Waals surface area contributed by atoms with Crippen molar-refractivity contribution in [3.8, 4) is 5.88 Å². The molecule has 2 aromatic heterocycles. The molecule has 1 aliphatic heterocycles. The summed E-state index contributed by atoms with van der Waals surface area (Å²) in [5.74, 6) is 1.98. The van der Waals surface area contributed by atoms with Crippen molar-refractivity contribution in [1.29, 1.82) is 0 Å². The molecule has 0 saturated heterocycles. The summed E-state index contributed by atoms with van der Waals surface area (Å²) in [6.45, 7) is 11.7. The van der Waals surface area contributed by atoms with E-state index in [1.807, 2.05) is 23.2 Å². The number of ether oxygens (including phenoxy) is 2. The number of carbonyl (C=O) groups excluding carboxylic acids is 1. The number of thiophene rings is 1. The normalized spacial score (nSPS) is 21.1. The smallest absolute Gasteiger partial charge is 0.255 e. The highest BCUT2D eigenvalue weighted by atomic mass is 32.1. The quantitative estimate of drug-likeness (QED) is 0.442. The maximum atomic E-state index is 13.7. The van der Waals surface area contributed by atoms with E-state index in [1.54, 1.807) is 14.2 Å². The van der Waals surface area contributed by atoms with Crippen LogP contribution in [0.4, 0.5) is 0 Å². The Hall–Kier alpha value is -1.96. The van der Waals surface area contributed by atoms with Gasteiger partial charge in [0, 0.05) is 53.7 Å². The fourth-order valence-corrected chi connectivity index (χ4v) is 7.62. The largest absolute Gasteiger partial charge is 0.481 e. The second-order valence-electron chi connectivity index (χ2n) is 10.8. The lowest BCUT2D eigenvalue weighted by molar-refractivity contribution is 0.0726. The Balaban J connectivity index is 1.46. The van der Waals surface area contributed by atoms with Crippen molar-refractivity contribution >= 4 is 17.2 Å². The molecule has 1 saturated carbocycles. The number of fused-ring (bicyclic) bond motifs is 1. The molecule has 0 bridgehead atoms. The Labute approximate surface area is 221 Å². The maximum Gasteiger partial charge on any atom is 0.255 e. The van der Waals surface area contributed by atoms with Gasteiger partial charge in [0.05, 0.1) is 25.8 Å². The fourth-order valence-electron chi connectivity index (χ4n) is 6.19. The number of aromatic nitrogens is 1. The van der Waals surface area contributed by atoms with Gasteiger partial charge >= 0.3 is 0 Å². The van der Waals surface area contributed by atoms with Crippen molar-refractivity contribution in [3.63, 3.8) is 0 Å². The molecule has 1 atom stereocenters. The fraction of sp³-hybridized carbons (Fsp3) is 0.655. The van der Waals surface area contributed by atoms with Crippen molar-refractivity contribution in [3.05, 3.63) is 43.8 Å². The summed E-state index contributed by atoms with van der Waals surface area (Å²) >= 11 is 1.90. The monoisotopic (exact) mass is 513 g/mol. The van der Waals surface area contributed by atoms with Gasteiger partial charge in [-0.25, -0.2) is 4.98 Å². The molecule has 1 aliphatic carbocycles. The highest BCUT2D eigenvalue weighted by Crippen LogP contribution is 2.44. The van der Waals surface area contributed by atoms with Gasteiger partial charge in [-0.05, 0) is 82.5 Å². The molecule has 0 aromatic carbocycles. The third-order valence-electron chi connectivity index (χ3n) is 8.48. The Bertz CT molecular complexity index is 1070. The van der Waals surface area contributed by atoms with Crippen LogP contribution in [-0.4, -0.2) is 67.7 Å². The average Bonchev–Trinajstić information content (AvgIpc) is 3.21. The number of amides is 1. The summed E-state index contributed by atoms with van der Waals surface area (Å²) in [6, 6.07) is 2.73. The van der Waals surface area contributed by atoms with Gasteiger partial charge in [0.15, 0.2) is 0 Å². The molecule has 3 heterocycles. The van der Waals surface area contributed by atoms with Crippen LogP contribution in [0.25, 0.3) is 0 Å². The van der Waals surface area contributed by atoms with E-state index in [2.05, 4.69) is 43.8 Å². The van der Waals surface area contributed by atoms with Crippen LogP contribution in [0.3, 0.4) is 0 Å². The van der Waals surface area contributed by atoms with Crippen LogP contribution in [-0.2, 0) is 17.7 Å². The van der Waals surface area contributed by atoms with Crippen LogP contribution in [0, 0.1) is 26.7 Å². The molecule has 6 nitrogen and oxygen atoms in total. The van der Waals surface area contributed by atoms with Crippen LogP contribution in [0.5, 0.6) is 5.88 Å². The zero-order chi connectivity index (χ0) is 26.0. The van der Waals surface area contributed by atoms with E-state index in [0.29, 0.717) is 30.3 Å². The van der Waals surface area contributed by atoms with Crippen LogP contribution < -0.4 is 4.74 Å². The predicted molar refractivity (Wildman–Crippen MR) is 146 cm³/mol. The minimum atomic E-state index is 0.161. The van der Waals surface area contributed by atoms with Gasteiger partial charge in [-0.2, -0.15) is 0 Å². The number of pyridine rings is 1. The van der Waals surface area contributed by atoms with E-state index in [1.165, 1.54) is 41.0 Å². The highest BCUT2D eigenvalue weighted by molar-refractivity contribution is 7.12. The van der Waals surface area contributed by atoms with Gasteiger partial charge < -0.3 is 19.3 Å². The third-order valence-corrected chi connectivity index (χ3v) is 10.0. The van der Waals surface area contributed by atoms with Crippen LogP contribution in [0.1, 0.15) is 81.0 Å². The van der Waals surface area contributed by atoms with E-state index in [-0.39, 0.29) is 5.91 Å². The van der Waals surface area contributed by atoms with E-state index >= 15 is 0 Å². The van der Waals surface area contributed by atoms with Gasteiger partial charge in [-0.15, -0.1) is 11.3 Å². The van der Waals surface area contributed by atoms with Crippen molar-refractivity contribution in [2.45, 2.75) is 78.3 Å². The molecule has 36 heavy (non-hydrogen) atoms. The van der Waals surface area contributed by atoms with E-state index in [0.717, 1.165) is 48.5 Å². The maximum absolute atomic E-state index is 13.7. The standard InChI is InChI=1S/C29H43N3O3S/c1-18-16-19(2)30-28(35-7)24(18)17-32-13-12-25-26(29(32)33)21(4)27(36-25)20(3)22-8-10-23(11-9-22)31(5)14-15-34-6/h16,20,22-23H,8-15,17H2,1-7H3. The second-order valence-corrected chi connectivity index (χ2v) is 11.9. The Morgan fingerprint density at radius 1 is 1.19 bits per heavy atom. The first kappa shape index (κ1) is 27.1. The van der Waals surface area contributed by atoms with Crippen molar-refractivity contribution in [2.75, 3.05) is 41.0 Å². The number of likely N-dealkylation sites (N-methyl/N-ethyl adjacent to an activating group) is 1. The first-order valence-electron chi connectivity index (χ1n) is 13.4. The minimum Gasteiger partial charge on any atom is -0.481 e. The Morgan fingerprint density at radius 2 is 1.92 bits per heavy atom. The topological polar surface area (TPSA) is 54.9 Å². The lowest BCUT2D eigenvalue weighted by atomic mass is 9.77. The molecule has 0 N–H and O–H groups in total. The summed E-state index contributed by atoms with van der Waals surface area (Å²) in [4.78, 5) is 25.4. The zero-order valence-corrected chi connectivity index (χ0v) is 24.0. The molecule has 0 radical (unpaired) electrons. The Morgan fingerprint density at radius 3 is 2.58 bits per heavy atom. The number of hydrogen-bond acceptors (Lipinski definition) is 6. The zero-order valence-electron chi connectivity index (χ0n) is 23.1. The third kappa shape index (κ3) is 5.48. The lowest BCUT2D eigenvalue weighted by Gasteiger charge is -2.36. The average molecular weight is 514 g/mol. The predicted octanol–water partition coefficient (Wildman–Crippen LogP) is 5.52. The molecule has 1 amide bonds. The van der Waals surface area contributed by atoms with Crippen molar-refractivity contribution < 1.29 is 14.3 Å². The van der Waals surface area contributed by atoms with Gasteiger partial charge in [0.2, 0.25) is 5.88 Å². The molecule has 1 fully saturated rings. The van der Waals surface area contributed by atoms with E-state index < -0.39 is 0 Å². The van der Waals surface area contributed by atoms with Gasteiger partial charge in [-0.1, -0.05) is 6.92 Å². The highest BCUT2D eigenvalue weighted by Gasteiger charge is 2.34. The summed E-state index contributed by atoms with van der Waals surface area (Å²) in [7, 11) is 5.66. The molecular weight excluding hydrogens is 470 g/mol. The number of rotatable bonds is 9. The van der Waals surface area contributed by atoms with Crippen LogP contribution >= 0.6 is 11.3 Å². The van der Waals surface area contributed by atoms with Gasteiger partial charge in [0.1, 0.15) is 0 Å². The second kappa shape index (κ2) is 11.6. The first-order chi connectivity index (χ1) is 17.2. The van der Waals surface area contributed by atoms with Crippen LogP contribution in [0.2, 0.25) is 0 Å². The summed E-state index contributed by atoms with van der Waals surface area (Å²) < 4.78 is 10.8. The number of methoxy groups -OCH3 is 2. The summed E-state index contributed by atoms with van der Waals surface area (Å²) in [5.41, 5.74) is 5.23. The van der Waals surface area contributed by atoms with Gasteiger partial charge in [0.25, 0.3) is 5.91 Å². The number of hydrogen-bond donors (Lipinski definition) is 0. The van der Waals surface area contributed by atoms with Crippen LogP contribution in [0.15, 0.2) is 6.07 Å². The van der Waals surface area contributed by atoms with Crippen molar-refractivity contribution in [1.82, 2.24) is 14.8 Å².